The Labute approximate surface area is 139 Å². The summed E-state index contributed by atoms with van der Waals surface area (Å²) in [6.07, 6.45) is 1.84. The molecule has 0 saturated carbocycles. The number of nitrogens with one attached hydrogen (secondary N) is 1. The Morgan fingerprint density at radius 3 is 2.79 bits per heavy atom. The van der Waals surface area contributed by atoms with Gasteiger partial charge in [0, 0.05) is 11.8 Å². The highest BCUT2D eigenvalue weighted by Crippen LogP contribution is 2.19. The van der Waals surface area contributed by atoms with Gasteiger partial charge in [-0.25, -0.2) is 8.78 Å². The summed E-state index contributed by atoms with van der Waals surface area (Å²) >= 11 is 1.37. The Morgan fingerprint density at radius 2 is 2.04 bits per heavy atom. The van der Waals surface area contributed by atoms with E-state index in [4.69, 9.17) is 0 Å². The minimum atomic E-state index is -0.922. The van der Waals surface area contributed by atoms with Gasteiger partial charge in [0.15, 0.2) is 0 Å². The molecule has 0 saturated heterocycles. The summed E-state index contributed by atoms with van der Waals surface area (Å²) in [5.41, 5.74) is 0.833. The first-order valence-corrected chi connectivity index (χ1v) is 8.00. The number of anilines is 1. The van der Waals surface area contributed by atoms with Crippen molar-refractivity contribution >= 4 is 23.4 Å². The summed E-state index contributed by atoms with van der Waals surface area (Å²) in [6.45, 7) is 0. The monoisotopic (exact) mass is 347 g/mol. The second kappa shape index (κ2) is 6.75. The van der Waals surface area contributed by atoms with Gasteiger partial charge in [0.1, 0.15) is 11.6 Å². The number of nitrogens with zero attached hydrogens (tertiary/aromatic N) is 4. The maximum absolute atomic E-state index is 13.7. The maximum atomic E-state index is 13.7. The highest BCUT2D eigenvalue weighted by Gasteiger charge is 2.13. The van der Waals surface area contributed by atoms with Gasteiger partial charge in [-0.2, -0.15) is 4.68 Å². The van der Waals surface area contributed by atoms with Crippen LogP contribution in [0, 0.1) is 11.6 Å². The van der Waals surface area contributed by atoms with Gasteiger partial charge in [-0.05, 0) is 47.0 Å². The normalized spacial score (nSPS) is 10.6. The van der Waals surface area contributed by atoms with Gasteiger partial charge in [-0.15, -0.1) is 5.10 Å². The smallest absolute Gasteiger partial charge is 0.258 e. The zero-order chi connectivity index (χ0) is 17.1. The predicted octanol–water partition coefficient (Wildman–Crippen LogP) is 2.91. The molecule has 3 rings (SSSR count). The molecule has 0 aliphatic carbocycles. The van der Waals surface area contributed by atoms with Crippen LogP contribution in [0.5, 0.6) is 0 Å². The Morgan fingerprint density at radius 1 is 1.21 bits per heavy atom. The van der Waals surface area contributed by atoms with E-state index in [0.717, 1.165) is 12.1 Å². The number of halogens is 2. The highest BCUT2D eigenvalue weighted by atomic mass is 32.2. The minimum absolute atomic E-state index is 0.242. The fourth-order valence-electron chi connectivity index (χ4n) is 2.06. The van der Waals surface area contributed by atoms with E-state index in [0.29, 0.717) is 22.6 Å². The molecule has 9 heteroatoms. The zero-order valence-corrected chi connectivity index (χ0v) is 13.2. The van der Waals surface area contributed by atoms with E-state index in [9.17, 15) is 13.6 Å². The lowest BCUT2D eigenvalue weighted by atomic mass is 10.2. The van der Waals surface area contributed by atoms with Crippen LogP contribution in [-0.4, -0.2) is 32.4 Å². The Bertz CT molecular complexity index is 899. The van der Waals surface area contributed by atoms with E-state index in [1.165, 1.54) is 16.4 Å². The van der Waals surface area contributed by atoms with Gasteiger partial charge < -0.3 is 5.32 Å². The molecule has 1 amide bonds. The zero-order valence-electron chi connectivity index (χ0n) is 12.4. The molecule has 1 aromatic heterocycles. The molecule has 0 radical (unpaired) electrons. The second-order valence-corrected chi connectivity index (χ2v) is 5.48. The summed E-state index contributed by atoms with van der Waals surface area (Å²) < 4.78 is 28.1. The standard InChI is InChI=1S/C15H11F2N5OS/c1-24-15-19-20-21-22(15)11-4-2-3-10(8-11)18-14(23)12-6-5-9(16)7-13(12)17/h2-8H,1H3,(H,18,23). The molecule has 6 nitrogen and oxygen atoms in total. The number of rotatable bonds is 4. The summed E-state index contributed by atoms with van der Waals surface area (Å²) in [6, 6.07) is 9.55. The fourth-order valence-corrected chi connectivity index (χ4v) is 2.49. The van der Waals surface area contributed by atoms with Gasteiger partial charge in [-0.3, -0.25) is 4.79 Å². The van der Waals surface area contributed by atoms with E-state index < -0.39 is 17.5 Å². The van der Waals surface area contributed by atoms with E-state index >= 15 is 0 Å². The molecule has 1 N–H and O–H groups in total. The third kappa shape index (κ3) is 3.25. The lowest BCUT2D eigenvalue weighted by Gasteiger charge is -2.08. The number of hydrogen-bond donors (Lipinski definition) is 1. The predicted molar refractivity (Wildman–Crippen MR) is 85.2 cm³/mol. The maximum Gasteiger partial charge on any atom is 0.258 e. The highest BCUT2D eigenvalue weighted by molar-refractivity contribution is 7.98. The van der Waals surface area contributed by atoms with Crippen LogP contribution in [0.25, 0.3) is 5.69 Å². The van der Waals surface area contributed by atoms with Crippen molar-refractivity contribution in [2.45, 2.75) is 5.16 Å². The van der Waals surface area contributed by atoms with Crippen molar-refractivity contribution in [3.8, 4) is 5.69 Å². The number of aromatic nitrogens is 4. The molecule has 0 aliphatic rings. The SMILES string of the molecule is CSc1nnnn1-c1cccc(NC(=O)c2ccc(F)cc2F)c1. The van der Waals surface area contributed by atoms with Crippen molar-refractivity contribution < 1.29 is 13.6 Å². The third-order valence-electron chi connectivity index (χ3n) is 3.15. The molecular weight excluding hydrogens is 336 g/mol. The second-order valence-electron chi connectivity index (χ2n) is 4.71. The average Bonchev–Trinajstić information content (AvgIpc) is 3.03. The van der Waals surface area contributed by atoms with Crippen LogP contribution in [0.2, 0.25) is 0 Å². The van der Waals surface area contributed by atoms with E-state index in [-0.39, 0.29) is 5.56 Å². The van der Waals surface area contributed by atoms with Crippen molar-refractivity contribution in [2.24, 2.45) is 0 Å². The van der Waals surface area contributed by atoms with Gasteiger partial charge in [-0.1, -0.05) is 17.8 Å². The molecule has 122 valence electrons. The van der Waals surface area contributed by atoms with Gasteiger partial charge in [0.05, 0.1) is 11.3 Å². The lowest BCUT2D eigenvalue weighted by molar-refractivity contribution is 0.102. The van der Waals surface area contributed by atoms with Crippen LogP contribution in [0.15, 0.2) is 47.6 Å². The van der Waals surface area contributed by atoms with Crippen LogP contribution in [0.4, 0.5) is 14.5 Å². The van der Waals surface area contributed by atoms with Crippen molar-refractivity contribution in [3.05, 3.63) is 59.7 Å². The largest absolute Gasteiger partial charge is 0.322 e. The van der Waals surface area contributed by atoms with Crippen LogP contribution >= 0.6 is 11.8 Å². The number of tetrazole rings is 1. The number of hydrogen-bond acceptors (Lipinski definition) is 5. The van der Waals surface area contributed by atoms with Crippen LogP contribution < -0.4 is 5.32 Å². The number of amides is 1. The molecule has 0 spiro atoms. The third-order valence-corrected chi connectivity index (χ3v) is 3.77. The lowest BCUT2D eigenvalue weighted by Crippen LogP contribution is -2.14. The van der Waals surface area contributed by atoms with Crippen LogP contribution in [0.1, 0.15) is 10.4 Å². The first-order valence-electron chi connectivity index (χ1n) is 6.77. The number of thioether (sulfide) groups is 1. The number of carbonyl (C=O) groups is 1. The van der Waals surface area contributed by atoms with E-state index in [1.807, 2.05) is 6.26 Å². The first kappa shape index (κ1) is 16.1. The van der Waals surface area contributed by atoms with E-state index in [2.05, 4.69) is 20.8 Å². The molecular formula is C15H11F2N5OS. The molecule has 3 aromatic rings. The molecule has 0 bridgehead atoms. The summed E-state index contributed by atoms with van der Waals surface area (Å²) in [5, 5.41) is 14.5. The fraction of sp³-hybridized carbons (Fsp3) is 0.0667. The van der Waals surface area contributed by atoms with Crippen molar-refractivity contribution in [1.82, 2.24) is 20.2 Å². The van der Waals surface area contributed by atoms with E-state index in [1.54, 1.807) is 24.3 Å². The molecule has 24 heavy (non-hydrogen) atoms. The topological polar surface area (TPSA) is 72.7 Å². The molecule has 0 fully saturated rings. The molecule has 0 aliphatic heterocycles. The Balaban J connectivity index is 1.86. The average molecular weight is 347 g/mol. The molecule has 0 atom stereocenters. The Hall–Kier alpha value is -2.81. The number of carbonyl (C=O) groups excluding carboxylic acids is 1. The molecule has 0 unspecified atom stereocenters. The first-order chi connectivity index (χ1) is 11.6. The van der Waals surface area contributed by atoms with Crippen LogP contribution in [-0.2, 0) is 0 Å². The van der Waals surface area contributed by atoms with Crippen molar-refractivity contribution in [3.63, 3.8) is 0 Å². The summed E-state index contributed by atoms with van der Waals surface area (Å²) in [7, 11) is 0. The van der Waals surface area contributed by atoms with Gasteiger partial charge in [0.2, 0.25) is 5.16 Å². The minimum Gasteiger partial charge on any atom is -0.322 e. The van der Waals surface area contributed by atoms with Crippen molar-refractivity contribution in [2.75, 3.05) is 11.6 Å². The quantitative estimate of drug-likeness (QED) is 0.735. The van der Waals surface area contributed by atoms with Crippen molar-refractivity contribution in [1.29, 1.82) is 0 Å². The van der Waals surface area contributed by atoms with Gasteiger partial charge >= 0.3 is 0 Å². The molecule has 1 heterocycles. The molecule has 2 aromatic carbocycles. The van der Waals surface area contributed by atoms with Crippen LogP contribution in [0.3, 0.4) is 0 Å². The van der Waals surface area contributed by atoms with Gasteiger partial charge in [0.25, 0.3) is 5.91 Å². The summed E-state index contributed by atoms with van der Waals surface area (Å²) in [5.74, 6) is -2.34. The summed E-state index contributed by atoms with van der Waals surface area (Å²) in [4.78, 5) is 12.1. The Kier molecular flexibility index (Phi) is 4.52. The number of benzene rings is 2.